The van der Waals surface area contributed by atoms with Gasteiger partial charge in [-0.25, -0.2) is 0 Å². The second kappa shape index (κ2) is 5.21. The largest absolute Gasteiger partial charge is 0.396 e. The summed E-state index contributed by atoms with van der Waals surface area (Å²) < 4.78 is 0. The fraction of sp³-hybridized carbons (Fsp3) is 0.588. The van der Waals surface area contributed by atoms with Gasteiger partial charge in [-0.15, -0.1) is 0 Å². The lowest BCUT2D eigenvalue weighted by molar-refractivity contribution is -0.117. The number of rotatable bonds is 2. The fourth-order valence-electron chi connectivity index (χ4n) is 2.93. The highest BCUT2D eigenvalue weighted by Gasteiger charge is 2.32. The monoisotopic (exact) mass is 275 g/mol. The first-order valence-corrected chi connectivity index (χ1v) is 7.27. The molecule has 1 aliphatic rings. The Balaban J connectivity index is 2.41. The summed E-state index contributed by atoms with van der Waals surface area (Å²) in [7, 11) is 0. The van der Waals surface area contributed by atoms with E-state index in [9.17, 15) is 9.90 Å². The molecule has 1 aromatic rings. The average Bonchev–Trinajstić information content (AvgIpc) is 2.69. The lowest BCUT2D eigenvalue weighted by Crippen LogP contribution is -2.27. The van der Waals surface area contributed by atoms with E-state index < -0.39 is 0 Å². The van der Waals surface area contributed by atoms with E-state index in [4.69, 9.17) is 0 Å². The third-order valence-electron chi connectivity index (χ3n) is 4.09. The minimum Gasteiger partial charge on any atom is -0.396 e. The maximum absolute atomic E-state index is 12.1. The van der Waals surface area contributed by atoms with Crippen LogP contribution in [-0.4, -0.2) is 24.2 Å². The SMILES string of the molecule is Cc1cc(C(C)(C)C)cc(C)c1N1CC(CO)CC1=O. The Morgan fingerprint density at radius 3 is 2.20 bits per heavy atom. The Hall–Kier alpha value is -1.35. The second-order valence-electron chi connectivity index (χ2n) is 6.97. The number of aliphatic hydroxyl groups is 1. The molecule has 1 saturated heterocycles. The predicted molar refractivity (Wildman–Crippen MR) is 82.2 cm³/mol. The lowest BCUT2D eigenvalue weighted by atomic mass is 9.84. The van der Waals surface area contributed by atoms with Gasteiger partial charge in [0.25, 0.3) is 0 Å². The number of hydrogen-bond donors (Lipinski definition) is 1. The molecule has 1 fully saturated rings. The van der Waals surface area contributed by atoms with Gasteiger partial charge in [-0.3, -0.25) is 4.79 Å². The maximum atomic E-state index is 12.1. The maximum Gasteiger partial charge on any atom is 0.227 e. The van der Waals surface area contributed by atoms with E-state index in [1.165, 1.54) is 5.56 Å². The van der Waals surface area contributed by atoms with Crippen molar-refractivity contribution in [2.45, 2.75) is 46.5 Å². The van der Waals surface area contributed by atoms with Gasteiger partial charge in [0.2, 0.25) is 5.91 Å². The summed E-state index contributed by atoms with van der Waals surface area (Å²) in [5.74, 6) is 0.197. The molecule has 0 saturated carbocycles. The van der Waals surface area contributed by atoms with Crippen molar-refractivity contribution < 1.29 is 9.90 Å². The number of nitrogens with zero attached hydrogens (tertiary/aromatic N) is 1. The first-order valence-electron chi connectivity index (χ1n) is 7.27. The van der Waals surface area contributed by atoms with Crippen LogP contribution in [0.1, 0.15) is 43.9 Å². The topological polar surface area (TPSA) is 40.5 Å². The Labute approximate surface area is 121 Å². The zero-order chi connectivity index (χ0) is 15.1. The molecule has 3 nitrogen and oxygen atoms in total. The minimum atomic E-state index is 0.0728. The van der Waals surface area contributed by atoms with E-state index >= 15 is 0 Å². The van der Waals surface area contributed by atoms with Crippen LogP contribution in [0, 0.1) is 19.8 Å². The van der Waals surface area contributed by atoms with Gasteiger partial charge in [0.05, 0.1) is 0 Å². The Morgan fingerprint density at radius 2 is 1.80 bits per heavy atom. The minimum absolute atomic E-state index is 0.0728. The smallest absolute Gasteiger partial charge is 0.227 e. The van der Waals surface area contributed by atoms with Crippen LogP contribution in [-0.2, 0) is 10.2 Å². The number of anilines is 1. The molecule has 1 atom stereocenters. The van der Waals surface area contributed by atoms with Crippen LogP contribution in [0.2, 0.25) is 0 Å². The van der Waals surface area contributed by atoms with E-state index in [2.05, 4.69) is 46.8 Å². The first-order chi connectivity index (χ1) is 9.24. The molecule has 0 spiro atoms. The number of amides is 1. The standard InChI is InChI=1S/C17H25NO2/c1-11-6-14(17(3,4)5)7-12(2)16(11)18-9-13(10-19)8-15(18)20/h6-7,13,19H,8-10H2,1-5H3. The van der Waals surface area contributed by atoms with Gasteiger partial charge in [0.1, 0.15) is 0 Å². The molecule has 2 rings (SSSR count). The highest BCUT2D eigenvalue weighted by Crippen LogP contribution is 2.34. The molecule has 1 aliphatic heterocycles. The van der Waals surface area contributed by atoms with E-state index in [1.54, 1.807) is 0 Å². The van der Waals surface area contributed by atoms with Crippen molar-refractivity contribution in [3.05, 3.63) is 28.8 Å². The zero-order valence-electron chi connectivity index (χ0n) is 13.2. The van der Waals surface area contributed by atoms with Crippen molar-refractivity contribution in [3.8, 4) is 0 Å². The Kier molecular flexibility index (Phi) is 3.92. The van der Waals surface area contributed by atoms with Crippen LogP contribution in [0.4, 0.5) is 5.69 Å². The van der Waals surface area contributed by atoms with Gasteiger partial charge in [-0.05, 0) is 36.0 Å². The molecule has 1 heterocycles. The molecule has 0 radical (unpaired) electrons. The average molecular weight is 275 g/mol. The molecule has 1 aromatic carbocycles. The van der Waals surface area contributed by atoms with Crippen molar-refractivity contribution in [3.63, 3.8) is 0 Å². The lowest BCUT2D eigenvalue weighted by Gasteiger charge is -2.26. The quantitative estimate of drug-likeness (QED) is 0.901. The number of aryl methyl sites for hydroxylation is 2. The Bertz CT molecular complexity index is 505. The first kappa shape index (κ1) is 15.0. The van der Waals surface area contributed by atoms with Crippen LogP contribution in [0.3, 0.4) is 0 Å². The number of aliphatic hydroxyl groups excluding tert-OH is 1. The summed E-state index contributed by atoms with van der Waals surface area (Å²) in [5, 5.41) is 9.26. The summed E-state index contributed by atoms with van der Waals surface area (Å²) in [6.07, 6.45) is 0.455. The summed E-state index contributed by atoms with van der Waals surface area (Å²) in [6, 6.07) is 4.36. The predicted octanol–water partition coefficient (Wildman–Crippen LogP) is 2.95. The third-order valence-corrected chi connectivity index (χ3v) is 4.09. The number of hydrogen-bond acceptors (Lipinski definition) is 2. The molecule has 1 N–H and O–H groups in total. The number of carbonyl (C=O) groups is 1. The van der Waals surface area contributed by atoms with Crippen molar-refractivity contribution in [2.24, 2.45) is 5.92 Å². The van der Waals surface area contributed by atoms with Gasteiger partial charge < -0.3 is 10.0 Å². The molecule has 0 aliphatic carbocycles. The summed E-state index contributed by atoms with van der Waals surface area (Å²) in [4.78, 5) is 14.0. The normalized spacial score (nSPS) is 19.8. The van der Waals surface area contributed by atoms with Crippen LogP contribution < -0.4 is 4.90 Å². The van der Waals surface area contributed by atoms with Gasteiger partial charge in [0.15, 0.2) is 0 Å². The molecular formula is C17H25NO2. The summed E-state index contributed by atoms with van der Waals surface area (Å²) in [5.41, 5.74) is 4.71. The molecule has 1 amide bonds. The van der Waals surface area contributed by atoms with Gasteiger partial charge in [0, 0.05) is 31.2 Å². The van der Waals surface area contributed by atoms with Crippen molar-refractivity contribution in [2.75, 3.05) is 18.1 Å². The molecule has 0 aromatic heterocycles. The van der Waals surface area contributed by atoms with Crippen molar-refractivity contribution in [1.29, 1.82) is 0 Å². The molecule has 20 heavy (non-hydrogen) atoms. The van der Waals surface area contributed by atoms with Crippen LogP contribution in [0.25, 0.3) is 0 Å². The number of carbonyl (C=O) groups excluding carboxylic acids is 1. The van der Waals surface area contributed by atoms with E-state index in [-0.39, 0.29) is 23.8 Å². The molecule has 1 unspecified atom stereocenters. The molecule has 0 bridgehead atoms. The van der Waals surface area contributed by atoms with E-state index in [0.29, 0.717) is 13.0 Å². The van der Waals surface area contributed by atoms with Crippen LogP contribution in [0.5, 0.6) is 0 Å². The molecule has 3 heteroatoms. The van der Waals surface area contributed by atoms with Crippen LogP contribution in [0.15, 0.2) is 12.1 Å². The van der Waals surface area contributed by atoms with Gasteiger partial charge in [-0.2, -0.15) is 0 Å². The highest BCUT2D eigenvalue weighted by molar-refractivity contribution is 5.97. The molecular weight excluding hydrogens is 250 g/mol. The fourth-order valence-corrected chi connectivity index (χ4v) is 2.93. The highest BCUT2D eigenvalue weighted by atomic mass is 16.3. The van der Waals surface area contributed by atoms with Crippen molar-refractivity contribution >= 4 is 11.6 Å². The van der Waals surface area contributed by atoms with Gasteiger partial charge >= 0.3 is 0 Å². The summed E-state index contributed by atoms with van der Waals surface area (Å²) >= 11 is 0. The van der Waals surface area contributed by atoms with E-state index in [1.807, 2.05) is 4.90 Å². The Morgan fingerprint density at radius 1 is 1.25 bits per heavy atom. The second-order valence-corrected chi connectivity index (χ2v) is 6.97. The number of benzene rings is 1. The van der Waals surface area contributed by atoms with E-state index in [0.717, 1.165) is 16.8 Å². The zero-order valence-corrected chi connectivity index (χ0v) is 13.2. The third kappa shape index (κ3) is 2.73. The van der Waals surface area contributed by atoms with Crippen molar-refractivity contribution in [1.82, 2.24) is 0 Å². The van der Waals surface area contributed by atoms with Gasteiger partial charge in [-0.1, -0.05) is 32.9 Å². The summed E-state index contributed by atoms with van der Waals surface area (Å²) in [6.45, 7) is 11.4. The molecule has 110 valence electrons. The van der Waals surface area contributed by atoms with Crippen LogP contribution >= 0.6 is 0 Å².